The van der Waals surface area contributed by atoms with Crippen molar-refractivity contribution in [3.63, 3.8) is 0 Å². The molecule has 0 spiro atoms. The van der Waals surface area contributed by atoms with Gasteiger partial charge in [-0.25, -0.2) is 4.79 Å². The molecule has 5 aliphatic rings. The number of carbonyl (C=O) groups is 4. The van der Waals surface area contributed by atoms with Crippen LogP contribution in [-0.2, 0) is 28.7 Å². The molecular formula is C37H56O7. The molecule has 0 aromatic carbocycles. The topological polar surface area (TPSA) is 107 Å². The number of carbonyl (C=O) groups excluding carboxylic acids is 3. The SMILES string of the molecule is CC(C)(C)OC(=O)COC(=O)[C@H]1CC[C@]2(C)[C@H]3C(=O)C=C4[C@@H]5C[C@@](C)(C(=O)O)CC[C@]5(C)CC[C@@]4(C)[C@]3(C)CC[C@H]2C1(C)C. The summed E-state index contributed by atoms with van der Waals surface area (Å²) < 4.78 is 10.9. The summed E-state index contributed by atoms with van der Waals surface area (Å²) in [6, 6.07) is 0. The second-order valence-electron chi connectivity index (χ2n) is 18.2. The van der Waals surface area contributed by atoms with Crippen LogP contribution in [0.3, 0.4) is 0 Å². The van der Waals surface area contributed by atoms with Gasteiger partial charge >= 0.3 is 17.9 Å². The van der Waals surface area contributed by atoms with Crippen molar-refractivity contribution in [1.82, 2.24) is 0 Å². The van der Waals surface area contributed by atoms with Gasteiger partial charge in [-0.1, -0.05) is 47.1 Å². The van der Waals surface area contributed by atoms with Crippen LogP contribution in [0.25, 0.3) is 0 Å². The number of fused-ring (bicyclic) bond motifs is 7. The first kappa shape index (κ1) is 33.2. The predicted octanol–water partition coefficient (Wildman–Crippen LogP) is 7.55. The van der Waals surface area contributed by atoms with E-state index in [1.807, 2.05) is 13.0 Å². The van der Waals surface area contributed by atoms with E-state index < -0.39 is 35.0 Å². The van der Waals surface area contributed by atoms with Gasteiger partial charge in [-0.3, -0.25) is 14.4 Å². The Morgan fingerprint density at radius 2 is 1.55 bits per heavy atom. The second kappa shape index (κ2) is 10.2. The van der Waals surface area contributed by atoms with Crippen molar-refractivity contribution in [2.75, 3.05) is 6.61 Å². The van der Waals surface area contributed by atoms with E-state index >= 15 is 0 Å². The molecule has 0 unspecified atom stereocenters. The van der Waals surface area contributed by atoms with E-state index in [-0.39, 0.29) is 57.1 Å². The van der Waals surface area contributed by atoms with Gasteiger partial charge in [-0.15, -0.1) is 0 Å². The Bertz CT molecular complexity index is 1290. The lowest BCUT2D eigenvalue weighted by Crippen LogP contribution is -2.66. The van der Waals surface area contributed by atoms with Gasteiger partial charge in [0, 0.05) is 5.92 Å². The average Bonchev–Trinajstić information content (AvgIpc) is 2.88. The largest absolute Gasteiger partial charge is 0.481 e. The molecular weight excluding hydrogens is 556 g/mol. The summed E-state index contributed by atoms with van der Waals surface area (Å²) in [5, 5.41) is 10.2. The standard InChI is InChI=1S/C37H56O7/c1-31(2,3)44-27(39)21-43-29(40)22-11-13-35(8)26(32(22,4)5)12-14-37(10)28(35)25(38)19-23-24-20-34(7,30(41)42)16-15-33(24,6)17-18-36(23,37)9/h19,22,24,26,28H,11-18,20-21H2,1-10H3,(H,41,42)/t22-,24+,26+,28-,33-,34+,35+,36-,37-/m1/s1. The van der Waals surface area contributed by atoms with E-state index in [1.165, 1.54) is 5.57 Å². The lowest BCUT2D eigenvalue weighted by molar-refractivity contribution is -0.201. The van der Waals surface area contributed by atoms with Gasteiger partial charge in [0.25, 0.3) is 0 Å². The molecule has 0 bridgehead atoms. The lowest BCUT2D eigenvalue weighted by atomic mass is 9.33. The quantitative estimate of drug-likeness (QED) is 0.327. The maximum atomic E-state index is 14.5. The minimum absolute atomic E-state index is 0.0185. The van der Waals surface area contributed by atoms with Crippen LogP contribution >= 0.6 is 0 Å². The zero-order valence-corrected chi connectivity index (χ0v) is 28.9. The molecule has 4 saturated carbocycles. The van der Waals surface area contributed by atoms with Crippen LogP contribution in [-0.4, -0.2) is 41.0 Å². The van der Waals surface area contributed by atoms with Crippen LogP contribution in [0.4, 0.5) is 0 Å². The molecule has 246 valence electrons. The minimum atomic E-state index is -0.770. The number of allylic oxidation sites excluding steroid dienone is 2. The maximum Gasteiger partial charge on any atom is 0.344 e. The van der Waals surface area contributed by atoms with Crippen LogP contribution in [0.15, 0.2) is 11.6 Å². The molecule has 1 N–H and O–H groups in total. The monoisotopic (exact) mass is 612 g/mol. The first-order chi connectivity index (χ1) is 20.0. The van der Waals surface area contributed by atoms with E-state index in [9.17, 15) is 24.3 Å². The highest BCUT2D eigenvalue weighted by Crippen LogP contribution is 2.75. The molecule has 7 nitrogen and oxygen atoms in total. The fourth-order valence-corrected chi connectivity index (χ4v) is 11.4. The normalized spacial score (nSPS) is 44.6. The minimum Gasteiger partial charge on any atom is -0.481 e. The van der Waals surface area contributed by atoms with Gasteiger partial charge in [0.15, 0.2) is 12.4 Å². The summed E-state index contributed by atoms with van der Waals surface area (Å²) in [4.78, 5) is 52.6. The summed E-state index contributed by atoms with van der Waals surface area (Å²) in [6.45, 7) is 20.5. The van der Waals surface area contributed by atoms with Crippen molar-refractivity contribution in [1.29, 1.82) is 0 Å². The number of carboxylic acids is 1. The first-order valence-electron chi connectivity index (χ1n) is 16.9. The predicted molar refractivity (Wildman–Crippen MR) is 167 cm³/mol. The summed E-state index contributed by atoms with van der Waals surface area (Å²) in [5.74, 6) is -1.73. The Balaban J connectivity index is 1.44. The second-order valence-corrected chi connectivity index (χ2v) is 18.2. The van der Waals surface area contributed by atoms with Gasteiger partial charge in [-0.2, -0.15) is 0 Å². The highest BCUT2D eigenvalue weighted by atomic mass is 16.6. The fraction of sp³-hybridized carbons (Fsp3) is 0.838. The zero-order chi connectivity index (χ0) is 32.9. The number of hydrogen-bond acceptors (Lipinski definition) is 6. The summed E-state index contributed by atoms with van der Waals surface area (Å²) >= 11 is 0. The molecule has 44 heavy (non-hydrogen) atoms. The van der Waals surface area contributed by atoms with E-state index in [1.54, 1.807) is 20.8 Å². The number of rotatable bonds is 4. The van der Waals surface area contributed by atoms with Gasteiger partial charge in [-0.05, 0) is 130 Å². The first-order valence-corrected chi connectivity index (χ1v) is 16.9. The smallest absolute Gasteiger partial charge is 0.344 e. The molecule has 0 heterocycles. The Labute approximate surface area is 264 Å². The third kappa shape index (κ3) is 4.80. The van der Waals surface area contributed by atoms with E-state index in [4.69, 9.17) is 9.47 Å². The fourth-order valence-electron chi connectivity index (χ4n) is 11.4. The molecule has 0 saturated heterocycles. The van der Waals surface area contributed by atoms with E-state index in [0.717, 1.165) is 38.5 Å². The summed E-state index contributed by atoms with van der Waals surface area (Å²) in [6.07, 6.45) is 9.35. The number of ether oxygens (including phenoxy) is 2. The molecule has 9 atom stereocenters. The van der Waals surface area contributed by atoms with Crippen molar-refractivity contribution in [3.05, 3.63) is 11.6 Å². The summed E-state index contributed by atoms with van der Waals surface area (Å²) in [5.41, 5.74) is -1.33. The molecule has 7 heteroatoms. The number of esters is 2. The number of aliphatic carboxylic acids is 1. The number of carboxylic acid groups (broad SMARTS) is 1. The Morgan fingerprint density at radius 1 is 0.909 bits per heavy atom. The number of hydrogen-bond donors (Lipinski definition) is 1. The average molecular weight is 613 g/mol. The van der Waals surface area contributed by atoms with Gasteiger partial charge in [0.2, 0.25) is 0 Å². The Morgan fingerprint density at radius 3 is 2.16 bits per heavy atom. The van der Waals surface area contributed by atoms with Gasteiger partial charge < -0.3 is 14.6 Å². The molecule has 0 radical (unpaired) electrons. The van der Waals surface area contributed by atoms with Crippen molar-refractivity contribution < 1.29 is 33.8 Å². The highest BCUT2D eigenvalue weighted by Gasteiger charge is 2.70. The van der Waals surface area contributed by atoms with E-state index in [0.29, 0.717) is 19.3 Å². The molecule has 4 fully saturated rings. The van der Waals surface area contributed by atoms with Crippen LogP contribution in [0.1, 0.15) is 127 Å². The van der Waals surface area contributed by atoms with Crippen LogP contribution in [0, 0.1) is 56.2 Å². The van der Waals surface area contributed by atoms with Crippen molar-refractivity contribution in [2.24, 2.45) is 56.2 Å². The lowest BCUT2D eigenvalue weighted by Gasteiger charge is -2.70. The molecule has 5 rings (SSSR count). The third-order valence-corrected chi connectivity index (χ3v) is 14.2. The zero-order valence-electron chi connectivity index (χ0n) is 28.9. The van der Waals surface area contributed by atoms with Crippen LogP contribution in [0.2, 0.25) is 0 Å². The van der Waals surface area contributed by atoms with Crippen molar-refractivity contribution in [2.45, 2.75) is 133 Å². The Hall–Kier alpha value is -2.18. The number of ketones is 1. The third-order valence-electron chi connectivity index (χ3n) is 14.2. The molecule has 5 aliphatic carbocycles. The van der Waals surface area contributed by atoms with Crippen molar-refractivity contribution in [3.8, 4) is 0 Å². The highest BCUT2D eigenvalue weighted by molar-refractivity contribution is 5.96. The molecule has 0 amide bonds. The van der Waals surface area contributed by atoms with Gasteiger partial charge in [0.1, 0.15) is 5.60 Å². The maximum absolute atomic E-state index is 14.5. The molecule has 0 aromatic rings. The molecule has 0 aliphatic heterocycles. The molecule has 0 aromatic heterocycles. The van der Waals surface area contributed by atoms with E-state index in [2.05, 4.69) is 41.5 Å². The van der Waals surface area contributed by atoms with Crippen LogP contribution in [0.5, 0.6) is 0 Å². The Kier molecular flexibility index (Phi) is 7.66. The van der Waals surface area contributed by atoms with Crippen LogP contribution < -0.4 is 0 Å². The van der Waals surface area contributed by atoms with Gasteiger partial charge in [0.05, 0.1) is 11.3 Å². The summed E-state index contributed by atoms with van der Waals surface area (Å²) in [7, 11) is 0. The van der Waals surface area contributed by atoms with Crippen molar-refractivity contribution >= 4 is 23.7 Å².